The zero-order valence-electron chi connectivity index (χ0n) is 8.26. The molecule has 0 saturated heterocycles. The van der Waals surface area contributed by atoms with Gasteiger partial charge in [-0.25, -0.2) is 4.79 Å². The second-order valence-corrected chi connectivity index (χ2v) is 3.60. The minimum Gasteiger partial charge on any atom is -0.478 e. The monoisotopic (exact) mass is 200 g/mol. The van der Waals surface area contributed by atoms with Gasteiger partial charge in [0.2, 0.25) is 0 Å². The second-order valence-electron chi connectivity index (χ2n) is 3.60. The lowest BCUT2D eigenvalue weighted by Gasteiger charge is -2.16. The standard InChI is InChI=1S/C13H12O2/c14-13(15)12-8-4-7-11(9-12)10-5-2-1-3-6-10/h1-8,11H,9H2,(H,14,15). The average Bonchev–Trinajstić information content (AvgIpc) is 2.30. The average molecular weight is 200 g/mol. The molecule has 1 unspecified atom stereocenters. The summed E-state index contributed by atoms with van der Waals surface area (Å²) in [5, 5.41) is 8.90. The van der Waals surface area contributed by atoms with Gasteiger partial charge in [0.15, 0.2) is 0 Å². The molecule has 76 valence electrons. The van der Waals surface area contributed by atoms with Gasteiger partial charge >= 0.3 is 5.97 Å². The van der Waals surface area contributed by atoms with Crippen LogP contribution in [0.2, 0.25) is 0 Å². The van der Waals surface area contributed by atoms with Crippen LogP contribution >= 0.6 is 0 Å². The van der Waals surface area contributed by atoms with Crippen LogP contribution in [0.15, 0.2) is 54.1 Å². The van der Waals surface area contributed by atoms with Crippen LogP contribution in [0, 0.1) is 0 Å². The molecule has 2 nitrogen and oxygen atoms in total. The van der Waals surface area contributed by atoms with Crippen molar-refractivity contribution in [3.8, 4) is 0 Å². The van der Waals surface area contributed by atoms with E-state index in [2.05, 4.69) is 0 Å². The lowest BCUT2D eigenvalue weighted by atomic mass is 9.88. The largest absolute Gasteiger partial charge is 0.478 e. The topological polar surface area (TPSA) is 37.3 Å². The van der Waals surface area contributed by atoms with E-state index in [9.17, 15) is 4.79 Å². The molecule has 2 heteroatoms. The Morgan fingerprint density at radius 3 is 2.67 bits per heavy atom. The maximum atomic E-state index is 10.8. The third-order valence-corrected chi connectivity index (χ3v) is 2.58. The number of allylic oxidation sites excluding steroid dienone is 3. The highest BCUT2D eigenvalue weighted by Crippen LogP contribution is 2.28. The van der Waals surface area contributed by atoms with E-state index >= 15 is 0 Å². The zero-order valence-corrected chi connectivity index (χ0v) is 8.26. The summed E-state index contributed by atoms with van der Waals surface area (Å²) in [6.07, 6.45) is 6.12. The fourth-order valence-electron chi connectivity index (χ4n) is 1.77. The van der Waals surface area contributed by atoms with Crippen LogP contribution < -0.4 is 0 Å². The molecule has 0 fully saturated rings. The smallest absolute Gasteiger partial charge is 0.331 e. The Labute approximate surface area is 88.6 Å². The minimum atomic E-state index is -0.819. The Morgan fingerprint density at radius 2 is 2.00 bits per heavy atom. The second kappa shape index (κ2) is 4.13. The third-order valence-electron chi connectivity index (χ3n) is 2.58. The third kappa shape index (κ3) is 2.15. The molecule has 1 N–H and O–H groups in total. The number of benzene rings is 1. The number of hydrogen-bond acceptors (Lipinski definition) is 1. The maximum Gasteiger partial charge on any atom is 0.331 e. The number of rotatable bonds is 2. The molecule has 0 amide bonds. The maximum absolute atomic E-state index is 10.8. The van der Waals surface area contributed by atoms with Crippen LogP contribution in [0.3, 0.4) is 0 Å². The van der Waals surface area contributed by atoms with Crippen molar-refractivity contribution in [1.29, 1.82) is 0 Å². The molecular weight excluding hydrogens is 188 g/mol. The number of hydrogen-bond donors (Lipinski definition) is 1. The van der Waals surface area contributed by atoms with Gasteiger partial charge in [-0.2, -0.15) is 0 Å². The Bertz CT molecular complexity index is 415. The zero-order chi connectivity index (χ0) is 10.7. The summed E-state index contributed by atoms with van der Waals surface area (Å²) in [6, 6.07) is 9.97. The first-order valence-corrected chi connectivity index (χ1v) is 4.93. The quantitative estimate of drug-likeness (QED) is 0.797. The highest BCUT2D eigenvalue weighted by molar-refractivity contribution is 5.87. The molecule has 1 aromatic carbocycles. The summed E-state index contributed by atoms with van der Waals surface area (Å²) in [6.45, 7) is 0. The van der Waals surface area contributed by atoms with Gasteiger partial charge in [-0.3, -0.25) is 0 Å². The van der Waals surface area contributed by atoms with Crippen LogP contribution in [0.25, 0.3) is 0 Å². The van der Waals surface area contributed by atoms with E-state index in [1.807, 2.05) is 42.5 Å². The summed E-state index contributed by atoms with van der Waals surface area (Å²) in [4.78, 5) is 10.8. The molecule has 15 heavy (non-hydrogen) atoms. The molecule has 0 aromatic heterocycles. The summed E-state index contributed by atoms with van der Waals surface area (Å²) >= 11 is 0. The molecule has 0 bridgehead atoms. The first kappa shape index (κ1) is 9.71. The molecule has 1 aliphatic carbocycles. The Hall–Kier alpha value is -1.83. The number of carbonyl (C=O) groups is 1. The van der Waals surface area contributed by atoms with Crippen molar-refractivity contribution >= 4 is 5.97 Å². The van der Waals surface area contributed by atoms with E-state index in [4.69, 9.17) is 5.11 Å². The van der Waals surface area contributed by atoms with Crippen LogP contribution in [0.5, 0.6) is 0 Å². The van der Waals surface area contributed by atoms with Crippen molar-refractivity contribution in [2.24, 2.45) is 0 Å². The lowest BCUT2D eigenvalue weighted by molar-refractivity contribution is -0.132. The van der Waals surface area contributed by atoms with E-state index in [0.717, 1.165) is 0 Å². The van der Waals surface area contributed by atoms with Gasteiger partial charge in [0, 0.05) is 11.5 Å². The fraction of sp³-hybridized carbons (Fsp3) is 0.154. The predicted octanol–water partition coefficient (Wildman–Crippen LogP) is 2.74. The SMILES string of the molecule is O=C(O)C1=CC=CC(c2ccccc2)C1. The van der Waals surface area contributed by atoms with Gasteiger partial charge in [0.1, 0.15) is 0 Å². The van der Waals surface area contributed by atoms with E-state index in [-0.39, 0.29) is 5.92 Å². The van der Waals surface area contributed by atoms with Gasteiger partial charge in [-0.05, 0) is 12.0 Å². The highest BCUT2D eigenvalue weighted by Gasteiger charge is 2.17. The summed E-state index contributed by atoms with van der Waals surface area (Å²) in [5.41, 5.74) is 1.65. The molecular formula is C13H12O2. The molecule has 1 aromatic rings. The highest BCUT2D eigenvalue weighted by atomic mass is 16.4. The van der Waals surface area contributed by atoms with Crippen LogP contribution in [-0.2, 0) is 4.79 Å². The van der Waals surface area contributed by atoms with Gasteiger partial charge in [0.25, 0.3) is 0 Å². The molecule has 1 atom stereocenters. The van der Waals surface area contributed by atoms with Crippen molar-refractivity contribution in [2.75, 3.05) is 0 Å². The van der Waals surface area contributed by atoms with E-state index in [1.165, 1.54) is 5.56 Å². The lowest BCUT2D eigenvalue weighted by Crippen LogP contribution is -2.08. The molecule has 0 heterocycles. The van der Waals surface area contributed by atoms with Crippen molar-refractivity contribution in [2.45, 2.75) is 12.3 Å². The fourth-order valence-corrected chi connectivity index (χ4v) is 1.77. The van der Waals surface area contributed by atoms with Gasteiger partial charge in [0.05, 0.1) is 0 Å². The summed E-state index contributed by atoms with van der Waals surface area (Å²) < 4.78 is 0. The van der Waals surface area contributed by atoms with Crippen molar-refractivity contribution in [3.63, 3.8) is 0 Å². The molecule has 0 saturated carbocycles. The van der Waals surface area contributed by atoms with Gasteiger partial charge in [-0.1, -0.05) is 48.6 Å². The number of carboxylic acids is 1. The minimum absolute atomic E-state index is 0.197. The van der Waals surface area contributed by atoms with E-state index < -0.39 is 5.97 Å². The molecule has 1 aliphatic rings. The van der Waals surface area contributed by atoms with Crippen LogP contribution in [-0.4, -0.2) is 11.1 Å². The first-order valence-electron chi connectivity index (χ1n) is 4.93. The van der Waals surface area contributed by atoms with Crippen molar-refractivity contribution in [1.82, 2.24) is 0 Å². The van der Waals surface area contributed by atoms with Crippen molar-refractivity contribution < 1.29 is 9.90 Å². The predicted molar refractivity (Wildman–Crippen MR) is 58.7 cm³/mol. The Balaban J connectivity index is 2.19. The molecule has 2 rings (SSSR count). The van der Waals surface area contributed by atoms with Gasteiger partial charge < -0.3 is 5.11 Å². The van der Waals surface area contributed by atoms with Crippen LogP contribution in [0.1, 0.15) is 17.9 Å². The molecule has 0 aliphatic heterocycles. The summed E-state index contributed by atoms with van der Waals surface area (Å²) in [5.74, 6) is -0.623. The normalized spacial score (nSPS) is 19.7. The Kier molecular flexibility index (Phi) is 2.68. The molecule has 0 spiro atoms. The number of aliphatic carboxylic acids is 1. The van der Waals surface area contributed by atoms with E-state index in [0.29, 0.717) is 12.0 Å². The first-order chi connectivity index (χ1) is 7.27. The van der Waals surface area contributed by atoms with Gasteiger partial charge in [-0.15, -0.1) is 0 Å². The van der Waals surface area contributed by atoms with Crippen LogP contribution in [0.4, 0.5) is 0 Å². The Morgan fingerprint density at radius 1 is 1.27 bits per heavy atom. The van der Waals surface area contributed by atoms with E-state index in [1.54, 1.807) is 6.08 Å². The molecule has 0 radical (unpaired) electrons. The number of carboxylic acid groups (broad SMARTS) is 1. The van der Waals surface area contributed by atoms with Crippen molar-refractivity contribution in [3.05, 3.63) is 59.7 Å². The summed E-state index contributed by atoms with van der Waals surface area (Å²) in [7, 11) is 0.